The molecule has 0 amide bonds. The van der Waals surface area contributed by atoms with Crippen LogP contribution in [-0.4, -0.2) is 0 Å². The van der Waals surface area contributed by atoms with E-state index in [-0.39, 0.29) is 5.92 Å². The lowest BCUT2D eigenvalue weighted by Crippen LogP contribution is -2.06. The smallest absolute Gasteiger partial charge is 0.292 e. The maximum Gasteiger partial charge on any atom is 0.292 e. The highest BCUT2D eigenvalue weighted by Gasteiger charge is 2.17. The minimum atomic E-state index is 0.243. The third-order valence-electron chi connectivity index (χ3n) is 4.23. The molecule has 2 aromatic carbocycles. The molecule has 0 aliphatic carbocycles. The normalized spacial score (nSPS) is 11.4. The fourth-order valence-electron chi connectivity index (χ4n) is 2.68. The molecule has 122 valence electrons. The summed E-state index contributed by atoms with van der Waals surface area (Å²) in [6.07, 6.45) is 5.50. The minimum Gasteiger partial charge on any atom is -0.388 e. The van der Waals surface area contributed by atoms with E-state index in [1.807, 2.05) is 48.5 Å². The van der Waals surface area contributed by atoms with Crippen LogP contribution in [0.25, 0.3) is 0 Å². The van der Waals surface area contributed by atoms with E-state index in [1.54, 1.807) is 12.5 Å². The average Bonchev–Trinajstić information content (AvgIpc) is 2.62. The fraction of sp³-hybridized carbons (Fsp3) is 0.300. The van der Waals surface area contributed by atoms with Crippen molar-refractivity contribution in [1.29, 1.82) is 10.5 Å². The number of nitrogens with zero attached hydrogens (tertiary/aromatic N) is 2. The summed E-state index contributed by atoms with van der Waals surface area (Å²) in [4.78, 5) is 0. The Labute approximate surface area is 142 Å². The Kier molecular flexibility index (Phi) is 6.23. The first-order valence-corrected chi connectivity index (χ1v) is 7.99. The van der Waals surface area contributed by atoms with Gasteiger partial charge in [-0.3, -0.25) is 0 Å². The number of hydrogen-bond donors (Lipinski definition) is 0. The molecular weight excluding hydrogens is 300 g/mol. The molecule has 1 atom stereocenters. The first kappa shape index (κ1) is 17.4. The van der Waals surface area contributed by atoms with Crippen LogP contribution in [0.5, 0.6) is 11.5 Å². The van der Waals surface area contributed by atoms with Crippen LogP contribution >= 0.6 is 0 Å². The summed E-state index contributed by atoms with van der Waals surface area (Å²) in [6, 6.07) is 15.3. The summed E-state index contributed by atoms with van der Waals surface area (Å²) in [5, 5.41) is 17.2. The van der Waals surface area contributed by atoms with E-state index in [2.05, 4.69) is 13.8 Å². The molecule has 0 fully saturated rings. The molecule has 0 aliphatic rings. The van der Waals surface area contributed by atoms with Crippen molar-refractivity contribution in [2.24, 2.45) is 5.92 Å². The zero-order chi connectivity index (χ0) is 17.4. The third-order valence-corrected chi connectivity index (χ3v) is 4.23. The zero-order valence-electron chi connectivity index (χ0n) is 13.9. The quantitative estimate of drug-likeness (QED) is 0.675. The Morgan fingerprint density at radius 3 is 1.58 bits per heavy atom. The van der Waals surface area contributed by atoms with Crippen molar-refractivity contribution < 1.29 is 9.47 Å². The molecule has 0 saturated heterocycles. The minimum absolute atomic E-state index is 0.243. The number of rotatable bonds is 7. The number of ether oxygens (including phenoxy) is 2. The Bertz CT molecular complexity index is 665. The third kappa shape index (κ3) is 4.51. The Hall–Kier alpha value is -2.98. The largest absolute Gasteiger partial charge is 0.388 e. The van der Waals surface area contributed by atoms with E-state index in [9.17, 15) is 0 Å². The van der Waals surface area contributed by atoms with E-state index in [4.69, 9.17) is 20.0 Å². The van der Waals surface area contributed by atoms with Gasteiger partial charge in [-0.15, -0.1) is 10.5 Å². The monoisotopic (exact) mass is 320 g/mol. The second-order valence-corrected chi connectivity index (χ2v) is 5.83. The van der Waals surface area contributed by atoms with Crippen molar-refractivity contribution in [1.82, 2.24) is 0 Å². The second-order valence-electron chi connectivity index (χ2n) is 5.83. The fourth-order valence-corrected chi connectivity index (χ4v) is 2.68. The Balaban J connectivity index is 2.30. The Morgan fingerprint density at radius 1 is 0.833 bits per heavy atom. The van der Waals surface area contributed by atoms with Gasteiger partial charge in [-0.2, -0.15) is 0 Å². The van der Waals surface area contributed by atoms with E-state index in [1.165, 1.54) is 11.1 Å². The van der Waals surface area contributed by atoms with Crippen LogP contribution in [0.4, 0.5) is 0 Å². The van der Waals surface area contributed by atoms with Gasteiger partial charge < -0.3 is 9.47 Å². The lowest BCUT2D eigenvalue weighted by molar-refractivity contribution is 0.481. The van der Waals surface area contributed by atoms with Crippen LogP contribution in [0.15, 0.2) is 48.5 Å². The highest BCUT2D eigenvalue weighted by Crippen LogP contribution is 2.33. The van der Waals surface area contributed by atoms with Crippen molar-refractivity contribution in [3.63, 3.8) is 0 Å². The molecule has 0 heterocycles. The summed E-state index contributed by atoms with van der Waals surface area (Å²) in [6.45, 7) is 4.43. The van der Waals surface area contributed by atoms with Crippen molar-refractivity contribution >= 4 is 0 Å². The van der Waals surface area contributed by atoms with Gasteiger partial charge in [-0.05, 0) is 47.7 Å². The maximum absolute atomic E-state index is 8.59. The molecule has 1 unspecified atom stereocenters. The van der Waals surface area contributed by atoms with Gasteiger partial charge in [0.1, 0.15) is 11.5 Å². The maximum atomic E-state index is 8.59. The zero-order valence-corrected chi connectivity index (χ0v) is 13.9. The Morgan fingerprint density at radius 2 is 1.25 bits per heavy atom. The van der Waals surface area contributed by atoms with E-state index in [0.717, 1.165) is 12.8 Å². The molecule has 0 aromatic heterocycles. The van der Waals surface area contributed by atoms with Crippen LogP contribution < -0.4 is 9.47 Å². The summed E-state index contributed by atoms with van der Waals surface area (Å²) < 4.78 is 9.70. The highest BCUT2D eigenvalue weighted by atomic mass is 16.5. The van der Waals surface area contributed by atoms with Crippen molar-refractivity contribution in [3.05, 3.63) is 59.7 Å². The molecule has 24 heavy (non-hydrogen) atoms. The van der Waals surface area contributed by atoms with Crippen molar-refractivity contribution in [3.8, 4) is 24.0 Å². The molecule has 0 N–H and O–H groups in total. The second kappa shape index (κ2) is 8.60. The lowest BCUT2D eigenvalue weighted by Gasteiger charge is -2.21. The van der Waals surface area contributed by atoms with Crippen LogP contribution in [0.1, 0.15) is 43.7 Å². The molecule has 4 nitrogen and oxygen atoms in total. The first-order valence-electron chi connectivity index (χ1n) is 7.99. The predicted octanol–water partition coefficient (Wildman–Crippen LogP) is 4.97. The SMILES string of the molecule is CCC(C)CC(c1ccc(OC#N)cc1)c1ccc(OC#N)cc1. The molecule has 0 bridgehead atoms. The molecule has 0 saturated carbocycles. The summed E-state index contributed by atoms with van der Waals surface area (Å²) in [5.74, 6) is 1.91. The number of nitriles is 2. The molecule has 2 aromatic rings. The molecule has 2 rings (SSSR count). The summed E-state index contributed by atoms with van der Waals surface area (Å²) in [7, 11) is 0. The summed E-state index contributed by atoms with van der Waals surface area (Å²) >= 11 is 0. The van der Waals surface area contributed by atoms with Gasteiger partial charge in [0.25, 0.3) is 12.5 Å². The van der Waals surface area contributed by atoms with Gasteiger partial charge in [-0.1, -0.05) is 44.5 Å². The molecule has 0 spiro atoms. The number of hydrogen-bond acceptors (Lipinski definition) is 4. The van der Waals surface area contributed by atoms with Gasteiger partial charge in [0, 0.05) is 5.92 Å². The van der Waals surface area contributed by atoms with Gasteiger partial charge in [0.05, 0.1) is 0 Å². The van der Waals surface area contributed by atoms with E-state index < -0.39 is 0 Å². The molecule has 4 heteroatoms. The van der Waals surface area contributed by atoms with Crippen LogP contribution in [0.3, 0.4) is 0 Å². The standard InChI is InChI=1S/C20H20N2O2/c1-3-15(2)12-20(16-4-8-18(9-5-16)23-13-21)17-6-10-19(11-7-17)24-14-22/h4-11,15,20H,3,12H2,1-2H3. The van der Waals surface area contributed by atoms with Crippen molar-refractivity contribution in [2.45, 2.75) is 32.6 Å². The number of benzene rings is 2. The van der Waals surface area contributed by atoms with Crippen LogP contribution in [0, 0.1) is 29.0 Å². The van der Waals surface area contributed by atoms with Crippen molar-refractivity contribution in [2.75, 3.05) is 0 Å². The molecule has 0 aliphatic heterocycles. The highest BCUT2D eigenvalue weighted by molar-refractivity contribution is 5.38. The lowest BCUT2D eigenvalue weighted by atomic mass is 9.83. The van der Waals surface area contributed by atoms with Gasteiger partial charge in [-0.25, -0.2) is 0 Å². The van der Waals surface area contributed by atoms with Gasteiger partial charge in [0.2, 0.25) is 0 Å². The van der Waals surface area contributed by atoms with Crippen LogP contribution in [-0.2, 0) is 0 Å². The van der Waals surface area contributed by atoms with Crippen LogP contribution in [0.2, 0.25) is 0 Å². The van der Waals surface area contributed by atoms with Gasteiger partial charge >= 0.3 is 0 Å². The average molecular weight is 320 g/mol. The molecule has 0 radical (unpaired) electrons. The topological polar surface area (TPSA) is 66.0 Å². The molecular formula is C20H20N2O2. The van der Waals surface area contributed by atoms with E-state index >= 15 is 0 Å². The van der Waals surface area contributed by atoms with Gasteiger partial charge in [0.15, 0.2) is 0 Å². The predicted molar refractivity (Wildman–Crippen MR) is 91.3 cm³/mol. The summed E-state index contributed by atoms with van der Waals surface area (Å²) in [5.41, 5.74) is 2.35. The first-order chi connectivity index (χ1) is 11.7. The van der Waals surface area contributed by atoms with E-state index in [0.29, 0.717) is 17.4 Å².